The molecule has 0 fully saturated rings. The minimum Gasteiger partial charge on any atom is -0.495 e. The van der Waals surface area contributed by atoms with Crippen molar-refractivity contribution in [3.8, 4) is 5.75 Å². The van der Waals surface area contributed by atoms with Gasteiger partial charge in [-0.3, -0.25) is 13.9 Å². The summed E-state index contributed by atoms with van der Waals surface area (Å²) in [5.74, 6) is -0.558. The molecular weight excluding hydrogens is 537 g/mol. The zero-order chi connectivity index (χ0) is 27.9. The summed E-state index contributed by atoms with van der Waals surface area (Å²) in [6.07, 6.45) is 2.07. The van der Waals surface area contributed by atoms with Crippen LogP contribution >= 0.6 is 23.2 Å². The predicted octanol–water partition coefficient (Wildman–Crippen LogP) is 4.80. The highest BCUT2D eigenvalue weighted by molar-refractivity contribution is 7.92. The van der Waals surface area contributed by atoms with Crippen LogP contribution in [0.4, 0.5) is 5.69 Å². The summed E-state index contributed by atoms with van der Waals surface area (Å²) in [5.41, 5.74) is 1.69. The molecule has 2 rings (SSSR count). The molecule has 0 saturated carbocycles. The summed E-state index contributed by atoms with van der Waals surface area (Å²) in [4.78, 5) is 28.4. The van der Waals surface area contributed by atoms with Crippen molar-refractivity contribution in [1.82, 2.24) is 10.2 Å². The van der Waals surface area contributed by atoms with Gasteiger partial charge in [-0.1, -0.05) is 49.2 Å². The number of ether oxygens (including phenoxy) is 1. The number of sulfonamides is 1. The molecule has 8 nitrogen and oxygen atoms in total. The second kappa shape index (κ2) is 13.3. The number of hydrogen-bond donors (Lipinski definition) is 1. The Labute approximate surface area is 229 Å². The van der Waals surface area contributed by atoms with Crippen LogP contribution in [0.1, 0.15) is 44.7 Å². The lowest BCUT2D eigenvalue weighted by atomic mass is 10.1. The number of anilines is 1. The number of carbonyl (C=O) groups excluding carboxylic acids is 2. The van der Waals surface area contributed by atoms with E-state index in [9.17, 15) is 18.0 Å². The van der Waals surface area contributed by atoms with Gasteiger partial charge >= 0.3 is 0 Å². The summed E-state index contributed by atoms with van der Waals surface area (Å²) in [7, 11) is -2.46. The maximum absolute atomic E-state index is 13.8. The molecule has 2 aromatic rings. The second-order valence-corrected chi connectivity index (χ2v) is 11.7. The van der Waals surface area contributed by atoms with E-state index in [-0.39, 0.29) is 24.2 Å². The topological polar surface area (TPSA) is 96.0 Å². The summed E-state index contributed by atoms with van der Waals surface area (Å²) in [6, 6.07) is 9.10. The van der Waals surface area contributed by atoms with E-state index in [1.165, 1.54) is 12.0 Å². The van der Waals surface area contributed by atoms with E-state index in [1.54, 1.807) is 43.3 Å². The summed E-state index contributed by atoms with van der Waals surface area (Å²) in [5, 5.41) is 3.60. The van der Waals surface area contributed by atoms with Crippen LogP contribution in [0.25, 0.3) is 0 Å². The van der Waals surface area contributed by atoms with E-state index in [1.807, 2.05) is 20.8 Å². The average molecular weight is 573 g/mol. The van der Waals surface area contributed by atoms with Gasteiger partial charge in [-0.05, 0) is 62.1 Å². The molecule has 0 aliphatic rings. The molecule has 0 radical (unpaired) electrons. The molecule has 2 amide bonds. The van der Waals surface area contributed by atoms with Crippen LogP contribution in [0.3, 0.4) is 0 Å². The average Bonchev–Trinajstić information content (AvgIpc) is 2.83. The molecule has 0 bridgehead atoms. The van der Waals surface area contributed by atoms with Gasteiger partial charge in [-0.15, -0.1) is 0 Å². The first-order valence-electron chi connectivity index (χ1n) is 12.0. The van der Waals surface area contributed by atoms with Crippen molar-refractivity contribution in [3.63, 3.8) is 0 Å². The van der Waals surface area contributed by atoms with Crippen molar-refractivity contribution in [1.29, 1.82) is 0 Å². The number of aryl methyl sites for hydroxylation is 1. The Hall–Kier alpha value is -2.49. The van der Waals surface area contributed by atoms with Gasteiger partial charge in [0, 0.05) is 12.6 Å². The predicted molar refractivity (Wildman–Crippen MR) is 149 cm³/mol. The highest BCUT2D eigenvalue weighted by atomic mass is 35.5. The van der Waals surface area contributed by atoms with Crippen molar-refractivity contribution in [2.24, 2.45) is 0 Å². The first kappa shape index (κ1) is 30.7. The second-order valence-electron chi connectivity index (χ2n) is 8.96. The first-order valence-corrected chi connectivity index (χ1v) is 14.6. The summed E-state index contributed by atoms with van der Waals surface area (Å²) >= 11 is 12.3. The fourth-order valence-electron chi connectivity index (χ4n) is 3.78. The Kier molecular flexibility index (Phi) is 11.1. The Balaban J connectivity index is 2.53. The van der Waals surface area contributed by atoms with Crippen LogP contribution < -0.4 is 14.4 Å². The van der Waals surface area contributed by atoms with Crippen molar-refractivity contribution in [3.05, 3.63) is 57.6 Å². The van der Waals surface area contributed by atoms with Crippen molar-refractivity contribution in [2.75, 3.05) is 24.2 Å². The van der Waals surface area contributed by atoms with Crippen molar-refractivity contribution in [2.45, 2.75) is 59.2 Å². The lowest BCUT2D eigenvalue weighted by Gasteiger charge is -2.33. The number of carbonyl (C=O) groups is 2. The van der Waals surface area contributed by atoms with Gasteiger partial charge in [0.2, 0.25) is 21.8 Å². The molecule has 2 atom stereocenters. The van der Waals surface area contributed by atoms with Crippen LogP contribution in [0, 0.1) is 6.92 Å². The maximum atomic E-state index is 13.8. The number of benzene rings is 2. The van der Waals surface area contributed by atoms with Gasteiger partial charge in [0.25, 0.3) is 0 Å². The van der Waals surface area contributed by atoms with Crippen LogP contribution in [-0.4, -0.2) is 57.1 Å². The molecular formula is C26H35Cl2N3O5S. The fraction of sp³-hybridized carbons (Fsp3) is 0.462. The standard InChI is InChI=1S/C26H35Cl2N3O5S/c1-7-18(4)29-26(33)22(8-2)30(15-19-10-11-20(27)21(28)14-19)25(32)16-31(37(6,34)35)23-13-17(3)9-12-24(23)36-5/h9-14,18,22H,7-8,15-16H2,1-6H3,(H,29,33)/t18-,22-/m0/s1. The molecule has 204 valence electrons. The first-order chi connectivity index (χ1) is 17.3. The highest BCUT2D eigenvalue weighted by Gasteiger charge is 2.33. The third kappa shape index (κ3) is 8.25. The molecule has 0 aromatic heterocycles. The zero-order valence-electron chi connectivity index (χ0n) is 22.0. The summed E-state index contributed by atoms with van der Waals surface area (Å²) < 4.78 is 32.1. The van der Waals surface area contributed by atoms with E-state index < -0.39 is 28.5 Å². The Morgan fingerprint density at radius 2 is 1.73 bits per heavy atom. The van der Waals surface area contributed by atoms with Crippen LogP contribution in [0.5, 0.6) is 5.75 Å². The van der Waals surface area contributed by atoms with Gasteiger partial charge in [-0.2, -0.15) is 0 Å². The third-order valence-electron chi connectivity index (χ3n) is 6.01. The molecule has 0 saturated heterocycles. The van der Waals surface area contributed by atoms with Crippen molar-refractivity contribution >= 4 is 50.7 Å². The third-order valence-corrected chi connectivity index (χ3v) is 7.87. The van der Waals surface area contributed by atoms with Crippen molar-refractivity contribution < 1.29 is 22.7 Å². The quantitative estimate of drug-likeness (QED) is 0.394. The molecule has 2 aromatic carbocycles. The summed E-state index contributed by atoms with van der Waals surface area (Å²) in [6.45, 7) is 6.95. The van der Waals surface area contributed by atoms with Crippen LogP contribution in [0.2, 0.25) is 10.0 Å². The van der Waals surface area contributed by atoms with E-state index >= 15 is 0 Å². The van der Waals surface area contributed by atoms with E-state index in [2.05, 4.69) is 5.32 Å². The Bertz CT molecular complexity index is 1220. The minimum atomic E-state index is -3.89. The monoisotopic (exact) mass is 571 g/mol. The molecule has 0 heterocycles. The Morgan fingerprint density at radius 1 is 1.05 bits per heavy atom. The molecule has 0 aliphatic heterocycles. The normalized spacial score (nSPS) is 13.0. The minimum absolute atomic E-state index is 0.0324. The van der Waals surface area contributed by atoms with Gasteiger partial charge in [0.05, 0.1) is 29.1 Å². The SMILES string of the molecule is CC[C@H](C)NC(=O)[C@H](CC)N(Cc1ccc(Cl)c(Cl)c1)C(=O)CN(c1cc(C)ccc1OC)S(C)(=O)=O. The zero-order valence-corrected chi connectivity index (χ0v) is 24.4. The lowest BCUT2D eigenvalue weighted by Crippen LogP contribution is -2.53. The van der Waals surface area contributed by atoms with E-state index in [4.69, 9.17) is 27.9 Å². The number of methoxy groups -OCH3 is 1. The van der Waals surface area contributed by atoms with Crippen LogP contribution in [0.15, 0.2) is 36.4 Å². The van der Waals surface area contributed by atoms with E-state index in [0.29, 0.717) is 27.8 Å². The van der Waals surface area contributed by atoms with Crippen LogP contribution in [-0.2, 0) is 26.2 Å². The van der Waals surface area contributed by atoms with Gasteiger partial charge in [-0.25, -0.2) is 8.42 Å². The number of rotatable bonds is 12. The molecule has 0 aliphatic carbocycles. The molecule has 37 heavy (non-hydrogen) atoms. The smallest absolute Gasteiger partial charge is 0.244 e. The van der Waals surface area contributed by atoms with Gasteiger partial charge in [0.1, 0.15) is 18.3 Å². The number of nitrogens with one attached hydrogen (secondary N) is 1. The number of nitrogens with zero attached hydrogens (tertiary/aromatic N) is 2. The molecule has 0 spiro atoms. The van der Waals surface area contributed by atoms with Gasteiger partial charge < -0.3 is 15.0 Å². The molecule has 11 heteroatoms. The Morgan fingerprint density at radius 3 is 2.27 bits per heavy atom. The number of halogens is 2. The molecule has 1 N–H and O–H groups in total. The largest absolute Gasteiger partial charge is 0.495 e. The van der Waals surface area contributed by atoms with E-state index in [0.717, 1.165) is 22.5 Å². The van der Waals surface area contributed by atoms with Gasteiger partial charge in [0.15, 0.2) is 0 Å². The number of hydrogen-bond acceptors (Lipinski definition) is 5. The number of amides is 2. The highest BCUT2D eigenvalue weighted by Crippen LogP contribution is 2.31. The maximum Gasteiger partial charge on any atom is 0.244 e. The molecule has 0 unspecified atom stereocenters. The fourth-order valence-corrected chi connectivity index (χ4v) is 4.95. The lowest BCUT2D eigenvalue weighted by molar-refractivity contribution is -0.140.